The topological polar surface area (TPSA) is 38.8 Å². The molecule has 0 aromatic heterocycles. The second-order valence-electron chi connectivity index (χ2n) is 11.3. The van der Waals surface area contributed by atoms with E-state index in [1.807, 2.05) is 0 Å². The molecule has 0 aliphatic carbocycles. The van der Waals surface area contributed by atoms with Crippen molar-refractivity contribution in [3.63, 3.8) is 0 Å². The van der Waals surface area contributed by atoms with Crippen molar-refractivity contribution in [2.45, 2.75) is 77.2 Å². The predicted octanol–water partition coefficient (Wildman–Crippen LogP) is 7.36. The quantitative estimate of drug-likeness (QED) is 0.145. The third kappa shape index (κ3) is 17.2. The molecule has 2 rings (SSSR count). The summed E-state index contributed by atoms with van der Waals surface area (Å²) in [7, 11) is 4.37. The highest BCUT2D eigenvalue weighted by atomic mass is 16.1. The molecule has 1 saturated heterocycles. The fourth-order valence-corrected chi connectivity index (χ4v) is 5.05. The number of nitrogens with one attached hydrogen (secondary N) is 1. The van der Waals surface area contributed by atoms with Crippen LogP contribution >= 0.6 is 0 Å². The van der Waals surface area contributed by atoms with Crippen molar-refractivity contribution in [1.82, 2.24) is 20.0 Å². The zero-order valence-corrected chi connectivity index (χ0v) is 26.8. The SMILES string of the molecule is CC/C=C\C/C=C\C/C=C\C/C=C\C/C=C\C/C=C\CCC(=O)NCCN(C)CCN1C=C(C2CCCN2C)C=CC1. The first kappa shape index (κ1) is 35.3. The monoisotopic (exact) mass is 574 g/mol. The van der Waals surface area contributed by atoms with Crippen LogP contribution in [0.15, 0.2) is 96.8 Å². The van der Waals surface area contributed by atoms with Gasteiger partial charge in [-0.1, -0.05) is 92.0 Å². The van der Waals surface area contributed by atoms with E-state index in [1.54, 1.807) is 0 Å². The molecule has 0 aromatic carbocycles. The van der Waals surface area contributed by atoms with Crippen LogP contribution in [0.3, 0.4) is 0 Å². The molecule has 1 atom stereocenters. The Morgan fingerprint density at radius 3 is 2.07 bits per heavy atom. The Kier molecular flexibility index (Phi) is 19.9. The minimum absolute atomic E-state index is 0.136. The number of amides is 1. The summed E-state index contributed by atoms with van der Waals surface area (Å²) in [6, 6.07) is 0.574. The number of nitrogens with zero attached hydrogens (tertiary/aromatic N) is 3. The van der Waals surface area contributed by atoms with E-state index in [-0.39, 0.29) is 5.91 Å². The van der Waals surface area contributed by atoms with Gasteiger partial charge in [0.2, 0.25) is 5.91 Å². The number of carbonyl (C=O) groups is 1. The predicted molar refractivity (Wildman–Crippen MR) is 182 cm³/mol. The number of allylic oxidation sites excluding steroid dienone is 12. The lowest BCUT2D eigenvalue weighted by Crippen LogP contribution is -2.37. The van der Waals surface area contributed by atoms with Crippen LogP contribution < -0.4 is 5.32 Å². The molecule has 0 saturated carbocycles. The minimum atomic E-state index is 0.136. The maximum Gasteiger partial charge on any atom is 0.220 e. The number of rotatable bonds is 21. The van der Waals surface area contributed by atoms with Gasteiger partial charge in [0.05, 0.1) is 0 Å². The number of carbonyl (C=O) groups excluding carboxylic acids is 1. The molecular formula is C37H58N4O. The van der Waals surface area contributed by atoms with Gasteiger partial charge in [-0.3, -0.25) is 9.69 Å². The molecule has 5 nitrogen and oxygen atoms in total. The zero-order valence-electron chi connectivity index (χ0n) is 26.8. The van der Waals surface area contributed by atoms with E-state index in [1.165, 1.54) is 25.0 Å². The lowest BCUT2D eigenvalue weighted by molar-refractivity contribution is -0.121. The summed E-state index contributed by atoms with van der Waals surface area (Å²) in [5.41, 5.74) is 1.45. The first-order valence-electron chi connectivity index (χ1n) is 16.3. The van der Waals surface area contributed by atoms with Crippen LogP contribution in [0.2, 0.25) is 0 Å². The Morgan fingerprint density at radius 1 is 0.905 bits per heavy atom. The van der Waals surface area contributed by atoms with Crippen molar-refractivity contribution in [3.8, 4) is 0 Å². The van der Waals surface area contributed by atoms with E-state index in [4.69, 9.17) is 0 Å². The summed E-state index contributed by atoms with van der Waals surface area (Å²) < 4.78 is 0. The molecule has 1 amide bonds. The Morgan fingerprint density at radius 2 is 1.50 bits per heavy atom. The summed E-state index contributed by atoms with van der Waals surface area (Å²) in [6.45, 7) is 7.92. The van der Waals surface area contributed by atoms with Gasteiger partial charge < -0.3 is 15.1 Å². The minimum Gasteiger partial charge on any atom is -0.372 e. The molecule has 0 spiro atoms. The average molecular weight is 575 g/mol. The van der Waals surface area contributed by atoms with Gasteiger partial charge in [-0.25, -0.2) is 0 Å². The van der Waals surface area contributed by atoms with Gasteiger partial charge in [-0.15, -0.1) is 0 Å². The molecule has 2 heterocycles. The van der Waals surface area contributed by atoms with E-state index < -0.39 is 0 Å². The second-order valence-corrected chi connectivity index (χ2v) is 11.3. The van der Waals surface area contributed by atoms with Crippen LogP contribution in [0.5, 0.6) is 0 Å². The lowest BCUT2D eigenvalue weighted by atomic mass is 10.0. The van der Waals surface area contributed by atoms with Crippen LogP contribution in [0, 0.1) is 0 Å². The third-order valence-corrected chi connectivity index (χ3v) is 7.61. The molecule has 0 radical (unpaired) electrons. The largest absolute Gasteiger partial charge is 0.372 e. The molecule has 0 aromatic rings. The van der Waals surface area contributed by atoms with Crippen LogP contribution in [0.25, 0.3) is 0 Å². The van der Waals surface area contributed by atoms with Crippen molar-refractivity contribution >= 4 is 5.91 Å². The van der Waals surface area contributed by atoms with E-state index in [0.717, 1.165) is 71.1 Å². The summed E-state index contributed by atoms with van der Waals surface area (Å²) in [5.74, 6) is 0.136. The van der Waals surface area contributed by atoms with E-state index >= 15 is 0 Å². The highest BCUT2D eigenvalue weighted by molar-refractivity contribution is 5.75. The summed E-state index contributed by atoms with van der Waals surface area (Å²) in [4.78, 5) is 19.4. The van der Waals surface area contributed by atoms with Gasteiger partial charge in [-0.2, -0.15) is 0 Å². The lowest BCUT2D eigenvalue weighted by Gasteiger charge is -2.29. The van der Waals surface area contributed by atoms with Gasteiger partial charge in [0, 0.05) is 51.4 Å². The smallest absolute Gasteiger partial charge is 0.220 e. The van der Waals surface area contributed by atoms with Crippen molar-refractivity contribution in [2.75, 3.05) is 53.4 Å². The highest BCUT2D eigenvalue weighted by Crippen LogP contribution is 2.24. The van der Waals surface area contributed by atoms with Gasteiger partial charge in [-0.05, 0) is 84.0 Å². The van der Waals surface area contributed by atoms with Crippen molar-refractivity contribution in [3.05, 3.63) is 96.8 Å². The van der Waals surface area contributed by atoms with Gasteiger partial charge in [0.25, 0.3) is 0 Å². The van der Waals surface area contributed by atoms with Crippen LogP contribution in [-0.4, -0.2) is 80.0 Å². The Balaban J connectivity index is 1.43. The second kappa shape index (κ2) is 23.6. The van der Waals surface area contributed by atoms with Gasteiger partial charge in [0.1, 0.15) is 0 Å². The Bertz CT molecular complexity index is 968. The standard InChI is InChI=1S/C37H58N4O/c1-4-5-6-7-8-9-10-11-12-13-14-15-16-17-18-19-20-21-22-27-37(42)38-28-31-39(2)32-33-41-30-23-25-35(34-41)36-26-24-29-40(36)3/h5-6,8-9,11-12,14-15,17-18,20-21,23,25,34,36H,4,7,10,13,16,19,22,24,26-33H2,1-3H3,(H,38,42)/b6-5-,9-8-,12-11-,15-14-,18-17-,21-20-. The first-order chi connectivity index (χ1) is 20.6. The number of hydrogen-bond acceptors (Lipinski definition) is 4. The Hall–Kier alpha value is -2.89. The highest BCUT2D eigenvalue weighted by Gasteiger charge is 2.24. The van der Waals surface area contributed by atoms with Crippen molar-refractivity contribution < 1.29 is 4.79 Å². The normalized spacial score (nSPS) is 18.5. The van der Waals surface area contributed by atoms with E-state index in [9.17, 15) is 4.79 Å². The molecule has 42 heavy (non-hydrogen) atoms. The fourth-order valence-electron chi connectivity index (χ4n) is 5.05. The molecule has 1 N–H and O–H groups in total. The molecule has 1 fully saturated rings. The van der Waals surface area contributed by atoms with Gasteiger partial charge in [0.15, 0.2) is 0 Å². The first-order valence-corrected chi connectivity index (χ1v) is 16.3. The molecule has 232 valence electrons. The van der Waals surface area contributed by atoms with Crippen LogP contribution in [0.1, 0.15) is 71.1 Å². The molecule has 2 aliphatic heterocycles. The summed E-state index contributed by atoms with van der Waals surface area (Å²) in [5, 5.41) is 3.07. The summed E-state index contributed by atoms with van der Waals surface area (Å²) >= 11 is 0. The maximum absolute atomic E-state index is 12.2. The zero-order chi connectivity index (χ0) is 30.1. The molecule has 5 heteroatoms. The van der Waals surface area contributed by atoms with E-state index in [0.29, 0.717) is 19.0 Å². The maximum atomic E-state index is 12.2. The number of hydrogen-bond donors (Lipinski definition) is 1. The van der Waals surface area contributed by atoms with E-state index in [2.05, 4.69) is 132 Å². The third-order valence-electron chi connectivity index (χ3n) is 7.61. The van der Waals surface area contributed by atoms with Crippen LogP contribution in [-0.2, 0) is 4.79 Å². The fraction of sp³-hybridized carbons (Fsp3) is 0.541. The average Bonchev–Trinajstić information content (AvgIpc) is 3.43. The van der Waals surface area contributed by atoms with Crippen molar-refractivity contribution in [2.24, 2.45) is 0 Å². The van der Waals surface area contributed by atoms with Crippen LogP contribution in [0.4, 0.5) is 0 Å². The van der Waals surface area contributed by atoms with Gasteiger partial charge >= 0.3 is 0 Å². The molecular weight excluding hydrogens is 516 g/mol. The molecule has 1 unspecified atom stereocenters. The number of likely N-dealkylation sites (tertiary alicyclic amines) is 1. The van der Waals surface area contributed by atoms with Crippen molar-refractivity contribution in [1.29, 1.82) is 0 Å². The molecule has 0 bridgehead atoms. The Labute approximate surface area is 257 Å². The summed E-state index contributed by atoms with van der Waals surface area (Å²) in [6.07, 6.45) is 43.3. The number of likely N-dealkylation sites (N-methyl/N-ethyl adjacent to an activating group) is 2. The molecule has 2 aliphatic rings.